The Morgan fingerprint density at radius 3 is 3.00 bits per heavy atom. The van der Waals surface area contributed by atoms with E-state index in [0.29, 0.717) is 22.4 Å². The largest absolute Gasteiger partial charge is 0.372 e. The van der Waals surface area contributed by atoms with Crippen molar-refractivity contribution in [2.75, 3.05) is 38.5 Å². The monoisotopic (exact) mass is 308 g/mol. The number of carbonyl (C=O) groups excluding carboxylic acids is 1. The molecule has 3 heterocycles. The molecule has 1 unspecified atom stereocenters. The van der Waals surface area contributed by atoms with Gasteiger partial charge in [0.15, 0.2) is 0 Å². The number of hydrogen-bond acceptors (Lipinski definition) is 4. The van der Waals surface area contributed by atoms with Gasteiger partial charge in [-0.3, -0.25) is 9.69 Å². The van der Waals surface area contributed by atoms with Crippen molar-refractivity contribution < 1.29 is 4.79 Å². The van der Waals surface area contributed by atoms with Gasteiger partial charge in [0.25, 0.3) is 5.91 Å². The SMILES string of the molecule is CNc1ncc(C(=O)N2CCN3CCCCC3C2)cc1Cl. The highest BCUT2D eigenvalue weighted by Gasteiger charge is 2.31. The lowest BCUT2D eigenvalue weighted by Crippen LogP contribution is -2.56. The predicted octanol–water partition coefficient (Wildman–Crippen LogP) is 2.09. The van der Waals surface area contributed by atoms with Crippen molar-refractivity contribution in [3.8, 4) is 0 Å². The Kier molecular flexibility index (Phi) is 4.31. The van der Waals surface area contributed by atoms with Crippen LogP contribution in [0.15, 0.2) is 12.3 Å². The molecule has 1 aromatic heterocycles. The first kappa shape index (κ1) is 14.6. The molecule has 21 heavy (non-hydrogen) atoms. The Morgan fingerprint density at radius 2 is 2.24 bits per heavy atom. The van der Waals surface area contributed by atoms with Crippen LogP contribution in [0.2, 0.25) is 5.02 Å². The lowest BCUT2D eigenvalue weighted by Gasteiger charge is -2.44. The molecular formula is C15H21ClN4O. The molecule has 2 saturated heterocycles. The quantitative estimate of drug-likeness (QED) is 0.909. The van der Waals surface area contributed by atoms with Gasteiger partial charge in [-0.25, -0.2) is 4.98 Å². The fraction of sp³-hybridized carbons (Fsp3) is 0.600. The molecule has 1 N–H and O–H groups in total. The summed E-state index contributed by atoms with van der Waals surface area (Å²) in [4.78, 5) is 21.3. The third-order valence-corrected chi connectivity index (χ3v) is 4.74. The predicted molar refractivity (Wildman–Crippen MR) is 83.9 cm³/mol. The maximum atomic E-state index is 12.6. The third-order valence-electron chi connectivity index (χ3n) is 4.45. The topological polar surface area (TPSA) is 48.5 Å². The van der Waals surface area contributed by atoms with Crippen LogP contribution in [0.5, 0.6) is 0 Å². The van der Waals surface area contributed by atoms with Crippen molar-refractivity contribution in [2.45, 2.75) is 25.3 Å². The van der Waals surface area contributed by atoms with E-state index in [4.69, 9.17) is 11.6 Å². The first-order valence-electron chi connectivity index (χ1n) is 7.55. The number of hydrogen-bond donors (Lipinski definition) is 1. The van der Waals surface area contributed by atoms with Gasteiger partial charge in [0.1, 0.15) is 5.82 Å². The lowest BCUT2D eigenvalue weighted by molar-refractivity contribution is 0.0372. The van der Waals surface area contributed by atoms with Crippen LogP contribution in [0.25, 0.3) is 0 Å². The molecule has 3 rings (SSSR count). The average Bonchev–Trinajstić information content (AvgIpc) is 2.53. The van der Waals surface area contributed by atoms with Crippen molar-refractivity contribution in [3.63, 3.8) is 0 Å². The van der Waals surface area contributed by atoms with Gasteiger partial charge < -0.3 is 10.2 Å². The minimum Gasteiger partial charge on any atom is -0.372 e. The second-order valence-corrected chi connectivity index (χ2v) is 6.15. The average molecular weight is 309 g/mol. The van der Waals surface area contributed by atoms with Gasteiger partial charge in [-0.2, -0.15) is 0 Å². The standard InChI is InChI=1S/C15H21ClN4O/c1-17-14-13(16)8-11(9-18-14)15(21)20-7-6-19-5-3-2-4-12(19)10-20/h8-9,12H,2-7,10H2,1H3,(H,17,18). The van der Waals surface area contributed by atoms with Crippen molar-refractivity contribution in [3.05, 3.63) is 22.8 Å². The molecule has 5 nitrogen and oxygen atoms in total. The molecular weight excluding hydrogens is 288 g/mol. The summed E-state index contributed by atoms with van der Waals surface area (Å²) in [6.07, 6.45) is 5.36. The smallest absolute Gasteiger partial charge is 0.255 e. The highest BCUT2D eigenvalue weighted by molar-refractivity contribution is 6.33. The summed E-state index contributed by atoms with van der Waals surface area (Å²) in [5, 5.41) is 3.39. The highest BCUT2D eigenvalue weighted by atomic mass is 35.5. The van der Waals surface area contributed by atoms with Crippen LogP contribution in [-0.4, -0.2) is 60.0 Å². The number of piperidine rings is 1. The van der Waals surface area contributed by atoms with Gasteiger partial charge in [0.2, 0.25) is 0 Å². The second-order valence-electron chi connectivity index (χ2n) is 5.74. The summed E-state index contributed by atoms with van der Waals surface area (Å²) < 4.78 is 0. The summed E-state index contributed by atoms with van der Waals surface area (Å²) in [5.74, 6) is 0.641. The van der Waals surface area contributed by atoms with Gasteiger partial charge >= 0.3 is 0 Å². The molecule has 114 valence electrons. The maximum absolute atomic E-state index is 12.6. The van der Waals surface area contributed by atoms with Gasteiger partial charge in [-0.15, -0.1) is 0 Å². The number of amides is 1. The number of halogens is 1. The molecule has 6 heteroatoms. The second kappa shape index (κ2) is 6.20. The van der Waals surface area contributed by atoms with Gasteiger partial charge in [0.05, 0.1) is 10.6 Å². The zero-order chi connectivity index (χ0) is 14.8. The summed E-state index contributed by atoms with van der Waals surface area (Å²) in [6.45, 7) is 3.77. The molecule has 0 aromatic carbocycles. The van der Waals surface area contributed by atoms with Crippen LogP contribution in [0.1, 0.15) is 29.6 Å². The van der Waals surface area contributed by atoms with Crippen molar-refractivity contribution in [2.24, 2.45) is 0 Å². The number of piperazine rings is 1. The molecule has 2 aliphatic heterocycles. The van der Waals surface area contributed by atoms with E-state index in [1.165, 1.54) is 25.8 Å². The number of nitrogens with zero attached hydrogens (tertiary/aromatic N) is 3. The molecule has 0 spiro atoms. The first-order chi connectivity index (χ1) is 10.2. The normalized spacial score (nSPS) is 22.8. The third kappa shape index (κ3) is 2.99. The van der Waals surface area contributed by atoms with E-state index in [9.17, 15) is 4.79 Å². The van der Waals surface area contributed by atoms with Crippen molar-refractivity contribution in [1.82, 2.24) is 14.8 Å². The Balaban J connectivity index is 1.71. The summed E-state index contributed by atoms with van der Waals surface area (Å²) in [7, 11) is 1.76. The minimum atomic E-state index is 0.0391. The Labute approximate surface area is 130 Å². The van der Waals surface area contributed by atoms with E-state index >= 15 is 0 Å². The number of anilines is 1. The molecule has 0 radical (unpaired) electrons. The van der Waals surface area contributed by atoms with Crippen molar-refractivity contribution >= 4 is 23.3 Å². The summed E-state index contributed by atoms with van der Waals surface area (Å²) in [6, 6.07) is 2.23. The molecule has 2 aliphatic rings. The first-order valence-corrected chi connectivity index (χ1v) is 7.93. The zero-order valence-electron chi connectivity index (χ0n) is 12.3. The Morgan fingerprint density at radius 1 is 1.38 bits per heavy atom. The summed E-state index contributed by atoms with van der Waals surface area (Å²) >= 11 is 6.12. The van der Waals surface area contributed by atoms with Gasteiger partial charge in [-0.05, 0) is 25.5 Å². The molecule has 1 atom stereocenters. The molecule has 0 saturated carbocycles. The van der Waals surface area contributed by atoms with Crippen LogP contribution in [-0.2, 0) is 0 Å². The highest BCUT2D eigenvalue weighted by Crippen LogP contribution is 2.24. The number of rotatable bonds is 2. The molecule has 0 bridgehead atoms. The zero-order valence-corrected chi connectivity index (χ0v) is 13.1. The number of carbonyl (C=O) groups is 1. The number of fused-ring (bicyclic) bond motifs is 1. The fourth-order valence-electron chi connectivity index (χ4n) is 3.26. The number of aromatic nitrogens is 1. The Bertz CT molecular complexity index is 536. The molecule has 0 aliphatic carbocycles. The minimum absolute atomic E-state index is 0.0391. The number of pyridine rings is 1. The lowest BCUT2D eigenvalue weighted by atomic mass is 9.99. The van der Waals surface area contributed by atoms with E-state index < -0.39 is 0 Å². The molecule has 1 amide bonds. The van der Waals surface area contributed by atoms with Gasteiger partial charge in [-0.1, -0.05) is 18.0 Å². The van der Waals surface area contributed by atoms with E-state index in [-0.39, 0.29) is 5.91 Å². The van der Waals surface area contributed by atoms with E-state index in [1.807, 2.05) is 4.90 Å². The summed E-state index contributed by atoms with van der Waals surface area (Å²) in [5.41, 5.74) is 0.572. The van der Waals surface area contributed by atoms with E-state index in [2.05, 4.69) is 15.2 Å². The number of nitrogens with one attached hydrogen (secondary N) is 1. The molecule has 2 fully saturated rings. The van der Waals surface area contributed by atoms with Crippen LogP contribution < -0.4 is 5.32 Å². The molecule has 1 aromatic rings. The van der Waals surface area contributed by atoms with Crippen LogP contribution in [0.3, 0.4) is 0 Å². The van der Waals surface area contributed by atoms with Crippen LogP contribution in [0.4, 0.5) is 5.82 Å². The van der Waals surface area contributed by atoms with Crippen LogP contribution >= 0.6 is 11.6 Å². The maximum Gasteiger partial charge on any atom is 0.255 e. The van der Waals surface area contributed by atoms with Gasteiger partial charge in [0, 0.05) is 38.9 Å². The van der Waals surface area contributed by atoms with Crippen LogP contribution in [0, 0.1) is 0 Å². The van der Waals surface area contributed by atoms with E-state index in [1.54, 1.807) is 19.3 Å². The fourth-order valence-corrected chi connectivity index (χ4v) is 3.52. The Hall–Kier alpha value is -1.33. The van der Waals surface area contributed by atoms with E-state index in [0.717, 1.165) is 19.6 Å². The van der Waals surface area contributed by atoms with Crippen molar-refractivity contribution in [1.29, 1.82) is 0 Å².